The maximum absolute atomic E-state index is 10.9. The van der Waals surface area contributed by atoms with E-state index in [9.17, 15) is 4.79 Å². The van der Waals surface area contributed by atoms with E-state index in [1.807, 2.05) is 34.0 Å². The fraction of sp³-hybridized carbons (Fsp3) is 0.615. The van der Waals surface area contributed by atoms with Gasteiger partial charge in [0.1, 0.15) is 6.29 Å². The van der Waals surface area contributed by atoms with Crippen LogP contribution < -0.4 is 0 Å². The summed E-state index contributed by atoms with van der Waals surface area (Å²) in [6.45, 7) is 12.0. The largest absolute Gasteiger partial charge is 0.364 e. The predicted molar refractivity (Wildman–Crippen MR) is 69.6 cm³/mol. The van der Waals surface area contributed by atoms with Crippen molar-refractivity contribution in [3.05, 3.63) is 22.6 Å². The summed E-state index contributed by atoms with van der Waals surface area (Å²) < 4.78 is 6.05. The number of carbonyl (C=O) groups is 1. The molecule has 1 aliphatic heterocycles. The van der Waals surface area contributed by atoms with E-state index in [4.69, 9.17) is 4.74 Å². The summed E-state index contributed by atoms with van der Waals surface area (Å²) in [4.78, 5) is 12.0. The van der Waals surface area contributed by atoms with E-state index in [1.165, 1.54) is 0 Å². The number of ether oxygens (including phenoxy) is 1. The maximum Gasteiger partial charge on any atom is 0.149 e. The van der Waals surface area contributed by atoms with Gasteiger partial charge in [0, 0.05) is 16.9 Å². The second-order valence-electron chi connectivity index (χ2n) is 5.20. The molecule has 1 heterocycles. The normalized spacial score (nSPS) is 23.1. The lowest BCUT2D eigenvalue weighted by molar-refractivity contribution is -0.109. The smallest absolute Gasteiger partial charge is 0.149 e. The van der Waals surface area contributed by atoms with Gasteiger partial charge in [-0.15, -0.1) is 11.8 Å². The van der Waals surface area contributed by atoms with Crippen LogP contribution in [0.15, 0.2) is 22.6 Å². The lowest BCUT2D eigenvalue weighted by Gasteiger charge is -2.43. The van der Waals surface area contributed by atoms with Gasteiger partial charge in [-0.3, -0.25) is 4.79 Å². The van der Waals surface area contributed by atoms with E-state index in [2.05, 4.69) is 6.58 Å². The van der Waals surface area contributed by atoms with Crippen molar-refractivity contribution >= 4 is 18.0 Å². The molecule has 3 heteroatoms. The molecule has 0 unspecified atom stereocenters. The van der Waals surface area contributed by atoms with Crippen LogP contribution in [-0.4, -0.2) is 23.7 Å². The maximum atomic E-state index is 10.9. The van der Waals surface area contributed by atoms with Gasteiger partial charge in [0.15, 0.2) is 0 Å². The Balaban J connectivity index is 3.29. The van der Waals surface area contributed by atoms with Crippen molar-refractivity contribution in [3.63, 3.8) is 0 Å². The number of aldehydes is 1. The third-order valence-corrected chi connectivity index (χ3v) is 3.84. The Bertz CT molecular complexity index is 351. The van der Waals surface area contributed by atoms with Crippen molar-refractivity contribution < 1.29 is 9.53 Å². The van der Waals surface area contributed by atoms with Gasteiger partial charge >= 0.3 is 0 Å². The fourth-order valence-electron chi connectivity index (χ4n) is 2.34. The van der Waals surface area contributed by atoms with Crippen LogP contribution in [0.4, 0.5) is 0 Å². The molecule has 0 aromatic carbocycles. The number of rotatable bonds is 3. The molecule has 0 bridgehead atoms. The molecule has 0 atom stereocenters. The summed E-state index contributed by atoms with van der Waals surface area (Å²) in [7, 11) is 0. The van der Waals surface area contributed by atoms with Crippen LogP contribution in [0, 0.1) is 0 Å². The quantitative estimate of drug-likeness (QED) is 0.559. The van der Waals surface area contributed by atoms with Gasteiger partial charge in [-0.1, -0.05) is 6.58 Å². The number of hydrogen-bond acceptors (Lipinski definition) is 3. The van der Waals surface area contributed by atoms with Crippen LogP contribution in [-0.2, 0) is 9.53 Å². The van der Waals surface area contributed by atoms with E-state index in [1.54, 1.807) is 11.8 Å². The SMILES string of the molecule is C=C(C=O)C1=C(SC)C(C)(C)OC(C)(C)C1. The number of allylic oxidation sites excluding steroid dienone is 1. The van der Waals surface area contributed by atoms with Gasteiger partial charge in [0.05, 0.1) is 11.2 Å². The molecule has 0 fully saturated rings. The molecule has 0 aromatic rings. The molecule has 1 aliphatic rings. The molecular formula is C13H20O2S. The zero-order valence-corrected chi connectivity index (χ0v) is 11.5. The van der Waals surface area contributed by atoms with Crippen LogP contribution in [0.3, 0.4) is 0 Å². The number of thioether (sulfide) groups is 1. The standard InChI is InChI=1S/C13H20O2S/c1-9(8-14)10-7-12(2,3)15-13(4,5)11(10)16-6/h8H,1,7H2,2-6H3. The number of carbonyl (C=O) groups excluding carboxylic acids is 1. The van der Waals surface area contributed by atoms with Gasteiger partial charge in [-0.25, -0.2) is 0 Å². The van der Waals surface area contributed by atoms with Gasteiger partial charge in [-0.05, 0) is 39.5 Å². The molecule has 0 aliphatic carbocycles. The minimum atomic E-state index is -0.345. The summed E-state index contributed by atoms with van der Waals surface area (Å²) in [5.41, 5.74) is 1.03. The van der Waals surface area contributed by atoms with Crippen molar-refractivity contribution in [3.8, 4) is 0 Å². The van der Waals surface area contributed by atoms with Crippen LogP contribution in [0.5, 0.6) is 0 Å². The van der Waals surface area contributed by atoms with Crippen molar-refractivity contribution in [2.24, 2.45) is 0 Å². The van der Waals surface area contributed by atoms with Crippen molar-refractivity contribution in [2.75, 3.05) is 6.26 Å². The van der Waals surface area contributed by atoms with E-state index in [0.717, 1.165) is 23.2 Å². The molecule has 1 rings (SSSR count). The van der Waals surface area contributed by atoms with E-state index >= 15 is 0 Å². The first-order valence-corrected chi connectivity index (χ1v) is 6.58. The summed E-state index contributed by atoms with van der Waals surface area (Å²) in [6, 6.07) is 0. The molecule has 0 saturated carbocycles. The molecule has 0 aromatic heterocycles. The Labute approximate surface area is 102 Å². The second kappa shape index (κ2) is 4.38. The van der Waals surface area contributed by atoms with Gasteiger partial charge in [0.2, 0.25) is 0 Å². The van der Waals surface area contributed by atoms with E-state index in [-0.39, 0.29) is 11.2 Å². The van der Waals surface area contributed by atoms with Crippen molar-refractivity contribution in [1.82, 2.24) is 0 Å². The van der Waals surface area contributed by atoms with Crippen LogP contribution in [0.2, 0.25) is 0 Å². The summed E-state index contributed by atoms with van der Waals surface area (Å²) >= 11 is 1.64. The monoisotopic (exact) mass is 240 g/mol. The fourth-order valence-corrected chi connectivity index (χ4v) is 3.32. The molecule has 0 N–H and O–H groups in total. The van der Waals surface area contributed by atoms with E-state index < -0.39 is 0 Å². The third kappa shape index (κ3) is 2.58. The Morgan fingerprint density at radius 2 is 2.00 bits per heavy atom. The first-order valence-electron chi connectivity index (χ1n) is 5.36. The molecule has 90 valence electrons. The summed E-state index contributed by atoms with van der Waals surface area (Å²) in [5.74, 6) is 0. The zero-order chi connectivity index (χ0) is 12.6. The summed E-state index contributed by atoms with van der Waals surface area (Å²) in [6.07, 6.45) is 3.59. The van der Waals surface area contributed by atoms with Crippen LogP contribution in [0.25, 0.3) is 0 Å². The van der Waals surface area contributed by atoms with Gasteiger partial charge in [-0.2, -0.15) is 0 Å². The predicted octanol–water partition coefficient (Wildman–Crippen LogP) is 3.34. The third-order valence-electron chi connectivity index (χ3n) is 2.69. The molecular weight excluding hydrogens is 220 g/mol. The summed E-state index contributed by atoms with van der Waals surface area (Å²) in [5, 5.41) is 0. The minimum absolute atomic E-state index is 0.246. The Kier molecular flexibility index (Phi) is 3.70. The lowest BCUT2D eigenvalue weighted by atomic mass is 9.86. The Morgan fingerprint density at radius 3 is 2.44 bits per heavy atom. The number of hydrogen-bond donors (Lipinski definition) is 0. The Morgan fingerprint density at radius 1 is 1.44 bits per heavy atom. The Hall–Kier alpha value is -0.540. The average molecular weight is 240 g/mol. The average Bonchev–Trinajstić information content (AvgIpc) is 2.12. The molecule has 0 radical (unpaired) electrons. The highest BCUT2D eigenvalue weighted by molar-refractivity contribution is 8.02. The lowest BCUT2D eigenvalue weighted by Crippen LogP contribution is -2.43. The highest BCUT2D eigenvalue weighted by atomic mass is 32.2. The second-order valence-corrected chi connectivity index (χ2v) is 6.02. The van der Waals surface area contributed by atoms with Crippen LogP contribution in [0.1, 0.15) is 34.1 Å². The molecule has 0 spiro atoms. The highest BCUT2D eigenvalue weighted by Gasteiger charge is 2.40. The zero-order valence-electron chi connectivity index (χ0n) is 10.7. The minimum Gasteiger partial charge on any atom is -0.364 e. The highest BCUT2D eigenvalue weighted by Crippen LogP contribution is 2.44. The first kappa shape index (κ1) is 13.5. The first-order chi connectivity index (χ1) is 7.23. The molecule has 0 amide bonds. The molecule has 2 nitrogen and oxygen atoms in total. The van der Waals surface area contributed by atoms with Crippen LogP contribution >= 0.6 is 11.8 Å². The molecule has 0 saturated heterocycles. The topological polar surface area (TPSA) is 26.3 Å². The molecule has 16 heavy (non-hydrogen) atoms. The van der Waals surface area contributed by atoms with Gasteiger partial charge in [0.25, 0.3) is 0 Å². The van der Waals surface area contributed by atoms with Gasteiger partial charge < -0.3 is 4.74 Å². The van der Waals surface area contributed by atoms with Crippen molar-refractivity contribution in [2.45, 2.75) is 45.3 Å². The van der Waals surface area contributed by atoms with Crippen molar-refractivity contribution in [1.29, 1.82) is 0 Å². The van der Waals surface area contributed by atoms with E-state index in [0.29, 0.717) is 5.57 Å².